The summed E-state index contributed by atoms with van der Waals surface area (Å²) in [5.74, 6) is 0.744. The molecule has 1 aliphatic rings. The molecule has 0 spiro atoms. The Morgan fingerprint density at radius 3 is 2.85 bits per heavy atom. The van der Waals surface area contributed by atoms with E-state index in [-0.39, 0.29) is 0 Å². The van der Waals surface area contributed by atoms with Crippen molar-refractivity contribution in [2.45, 2.75) is 32.8 Å². The predicted molar refractivity (Wildman–Crippen MR) is 55.8 cm³/mol. The van der Waals surface area contributed by atoms with Crippen molar-refractivity contribution in [3.8, 4) is 0 Å². The molecule has 0 aromatic rings. The fourth-order valence-corrected chi connectivity index (χ4v) is 1.53. The molecule has 0 saturated heterocycles. The second-order valence-electron chi connectivity index (χ2n) is 3.70. The zero-order chi connectivity index (χ0) is 9.52. The van der Waals surface area contributed by atoms with E-state index in [4.69, 9.17) is 4.74 Å². The van der Waals surface area contributed by atoms with E-state index in [1.807, 2.05) is 0 Å². The Morgan fingerprint density at radius 1 is 1.38 bits per heavy atom. The number of nitrogens with one attached hydrogen (secondary N) is 1. The molecule has 2 nitrogen and oxygen atoms in total. The van der Waals surface area contributed by atoms with Gasteiger partial charge in [0.25, 0.3) is 0 Å². The summed E-state index contributed by atoms with van der Waals surface area (Å²) >= 11 is 0. The number of allylic oxidation sites excluding steroid dienone is 1. The van der Waals surface area contributed by atoms with E-state index in [2.05, 4.69) is 31.3 Å². The second kappa shape index (κ2) is 6.17. The van der Waals surface area contributed by atoms with Crippen LogP contribution in [0.3, 0.4) is 0 Å². The lowest BCUT2D eigenvalue weighted by Gasteiger charge is -2.20. The highest BCUT2D eigenvalue weighted by Gasteiger charge is 2.11. The molecule has 0 aromatic heterocycles. The maximum atomic E-state index is 5.68. The molecule has 0 fully saturated rings. The molecule has 0 aromatic carbocycles. The molecule has 2 unspecified atom stereocenters. The van der Waals surface area contributed by atoms with Gasteiger partial charge in [0.05, 0.1) is 12.7 Å². The molecule has 0 bridgehead atoms. The van der Waals surface area contributed by atoms with Gasteiger partial charge in [0.2, 0.25) is 0 Å². The topological polar surface area (TPSA) is 21.3 Å². The predicted octanol–water partition coefficient (Wildman–Crippen LogP) is 1.97. The van der Waals surface area contributed by atoms with E-state index < -0.39 is 0 Å². The summed E-state index contributed by atoms with van der Waals surface area (Å²) in [5.41, 5.74) is 0. The van der Waals surface area contributed by atoms with Gasteiger partial charge in [-0.3, -0.25) is 0 Å². The van der Waals surface area contributed by atoms with Gasteiger partial charge in [-0.05, 0) is 25.3 Å². The number of likely N-dealkylation sites (N-methyl/N-ethyl adjacent to an activating group) is 1. The second-order valence-corrected chi connectivity index (χ2v) is 3.70. The smallest absolute Gasteiger partial charge is 0.0756 e. The van der Waals surface area contributed by atoms with Gasteiger partial charge in [-0.25, -0.2) is 0 Å². The molecular formula is C11H21NO. The molecule has 76 valence electrons. The van der Waals surface area contributed by atoms with Crippen LogP contribution in [0.5, 0.6) is 0 Å². The largest absolute Gasteiger partial charge is 0.373 e. The first-order chi connectivity index (χ1) is 6.33. The number of hydrogen-bond acceptors (Lipinski definition) is 2. The van der Waals surface area contributed by atoms with Crippen LogP contribution < -0.4 is 5.32 Å². The maximum absolute atomic E-state index is 5.68. The van der Waals surface area contributed by atoms with Gasteiger partial charge in [0.15, 0.2) is 0 Å². The van der Waals surface area contributed by atoms with Crippen molar-refractivity contribution >= 4 is 0 Å². The van der Waals surface area contributed by atoms with Crippen LogP contribution in [-0.4, -0.2) is 25.8 Å². The summed E-state index contributed by atoms with van der Waals surface area (Å²) in [6, 6.07) is 0. The lowest BCUT2D eigenvalue weighted by Crippen LogP contribution is -2.23. The number of ether oxygens (including phenoxy) is 1. The normalized spacial score (nSPS) is 27.8. The first kappa shape index (κ1) is 10.7. The van der Waals surface area contributed by atoms with Crippen molar-refractivity contribution in [3.63, 3.8) is 0 Å². The van der Waals surface area contributed by atoms with Crippen molar-refractivity contribution in [1.82, 2.24) is 5.32 Å². The minimum Gasteiger partial charge on any atom is -0.373 e. The molecular weight excluding hydrogens is 162 g/mol. The van der Waals surface area contributed by atoms with Gasteiger partial charge in [0.1, 0.15) is 0 Å². The summed E-state index contributed by atoms with van der Waals surface area (Å²) in [6.07, 6.45) is 7.29. The molecule has 0 amide bonds. The van der Waals surface area contributed by atoms with E-state index >= 15 is 0 Å². The monoisotopic (exact) mass is 183 g/mol. The molecule has 1 N–H and O–H groups in total. The third kappa shape index (κ3) is 4.44. The highest BCUT2D eigenvalue weighted by Crippen LogP contribution is 2.18. The molecule has 2 atom stereocenters. The van der Waals surface area contributed by atoms with Gasteiger partial charge >= 0.3 is 0 Å². The van der Waals surface area contributed by atoms with Crippen LogP contribution in [-0.2, 0) is 4.74 Å². The van der Waals surface area contributed by atoms with Crippen LogP contribution in [0.2, 0.25) is 0 Å². The Labute approximate surface area is 81.4 Å². The molecule has 2 heteroatoms. The molecule has 0 aliphatic heterocycles. The van der Waals surface area contributed by atoms with Crippen LogP contribution in [0.25, 0.3) is 0 Å². The standard InChI is InChI=1S/C11H21NO/c1-3-12-8-9-13-11-6-4-10(2)5-7-11/h4,6,10-12H,3,5,7-9H2,1-2H3. The van der Waals surface area contributed by atoms with Gasteiger partial charge in [-0.1, -0.05) is 26.0 Å². The molecule has 1 rings (SSSR count). The fraction of sp³-hybridized carbons (Fsp3) is 0.818. The summed E-state index contributed by atoms with van der Waals surface area (Å²) < 4.78 is 5.68. The Kier molecular flexibility index (Phi) is 5.09. The number of hydrogen-bond donors (Lipinski definition) is 1. The van der Waals surface area contributed by atoms with Crippen LogP contribution in [0.4, 0.5) is 0 Å². The first-order valence-corrected chi connectivity index (χ1v) is 5.33. The van der Waals surface area contributed by atoms with Crippen LogP contribution in [0.1, 0.15) is 26.7 Å². The third-order valence-corrected chi connectivity index (χ3v) is 2.42. The van der Waals surface area contributed by atoms with E-state index in [9.17, 15) is 0 Å². The Hall–Kier alpha value is -0.340. The quantitative estimate of drug-likeness (QED) is 0.520. The van der Waals surface area contributed by atoms with Crippen molar-refractivity contribution in [2.24, 2.45) is 5.92 Å². The summed E-state index contributed by atoms with van der Waals surface area (Å²) in [6.45, 7) is 7.20. The van der Waals surface area contributed by atoms with E-state index in [0.717, 1.165) is 25.6 Å². The van der Waals surface area contributed by atoms with E-state index in [1.165, 1.54) is 12.8 Å². The first-order valence-electron chi connectivity index (χ1n) is 5.33. The fourth-order valence-electron chi connectivity index (χ4n) is 1.53. The Morgan fingerprint density at radius 2 is 2.23 bits per heavy atom. The molecule has 1 aliphatic carbocycles. The summed E-state index contributed by atoms with van der Waals surface area (Å²) in [4.78, 5) is 0. The van der Waals surface area contributed by atoms with Gasteiger partial charge in [-0.15, -0.1) is 0 Å². The average molecular weight is 183 g/mol. The van der Waals surface area contributed by atoms with E-state index in [0.29, 0.717) is 6.10 Å². The SMILES string of the molecule is CCNCCOC1C=CC(C)CC1. The summed E-state index contributed by atoms with van der Waals surface area (Å²) in [5, 5.41) is 3.25. The van der Waals surface area contributed by atoms with Crippen molar-refractivity contribution in [2.75, 3.05) is 19.7 Å². The minimum absolute atomic E-state index is 0.370. The lowest BCUT2D eigenvalue weighted by molar-refractivity contribution is 0.0743. The Balaban J connectivity index is 2.05. The molecule has 13 heavy (non-hydrogen) atoms. The van der Waals surface area contributed by atoms with Crippen molar-refractivity contribution in [1.29, 1.82) is 0 Å². The van der Waals surface area contributed by atoms with Gasteiger partial charge < -0.3 is 10.1 Å². The summed E-state index contributed by atoms with van der Waals surface area (Å²) in [7, 11) is 0. The molecule has 0 radical (unpaired) electrons. The molecule has 0 heterocycles. The number of rotatable bonds is 5. The average Bonchev–Trinajstić information content (AvgIpc) is 2.15. The van der Waals surface area contributed by atoms with Crippen LogP contribution >= 0.6 is 0 Å². The van der Waals surface area contributed by atoms with Crippen LogP contribution in [0, 0.1) is 5.92 Å². The lowest BCUT2D eigenvalue weighted by atomic mass is 9.96. The highest BCUT2D eigenvalue weighted by atomic mass is 16.5. The van der Waals surface area contributed by atoms with Crippen molar-refractivity contribution in [3.05, 3.63) is 12.2 Å². The van der Waals surface area contributed by atoms with Gasteiger partial charge in [0, 0.05) is 6.54 Å². The molecule has 0 saturated carbocycles. The highest BCUT2D eigenvalue weighted by molar-refractivity contribution is 4.97. The third-order valence-electron chi connectivity index (χ3n) is 2.42. The van der Waals surface area contributed by atoms with Crippen molar-refractivity contribution < 1.29 is 4.74 Å². The zero-order valence-electron chi connectivity index (χ0n) is 8.75. The maximum Gasteiger partial charge on any atom is 0.0756 e. The zero-order valence-corrected chi connectivity index (χ0v) is 8.75. The Bertz CT molecular complexity index is 156. The van der Waals surface area contributed by atoms with Crippen LogP contribution in [0.15, 0.2) is 12.2 Å². The van der Waals surface area contributed by atoms with E-state index in [1.54, 1.807) is 0 Å². The minimum atomic E-state index is 0.370. The van der Waals surface area contributed by atoms with Gasteiger partial charge in [-0.2, -0.15) is 0 Å².